The zero-order valence-corrected chi connectivity index (χ0v) is 14.1. The van der Waals surface area contributed by atoms with Crippen LogP contribution in [-0.2, 0) is 6.42 Å². The van der Waals surface area contributed by atoms with Crippen molar-refractivity contribution in [1.82, 2.24) is 5.32 Å². The lowest BCUT2D eigenvalue weighted by Gasteiger charge is -2.35. The number of nitrogens with one attached hydrogen (secondary N) is 1. The molecule has 0 amide bonds. The van der Waals surface area contributed by atoms with Gasteiger partial charge < -0.3 is 5.32 Å². The number of halogens is 1. The molecule has 0 aromatic carbocycles. The van der Waals surface area contributed by atoms with Crippen LogP contribution in [-0.4, -0.2) is 23.5 Å². The Balaban J connectivity index is 1.85. The van der Waals surface area contributed by atoms with Crippen molar-refractivity contribution >= 4 is 39.9 Å². The van der Waals surface area contributed by atoms with Gasteiger partial charge in [-0.1, -0.05) is 44.1 Å². The zero-order valence-electron chi connectivity index (χ0n) is 11.7. The Morgan fingerprint density at radius 1 is 1.42 bits per heavy atom. The van der Waals surface area contributed by atoms with Crippen LogP contribution in [0.5, 0.6) is 0 Å². The van der Waals surface area contributed by atoms with Crippen LogP contribution in [0, 0.1) is 5.41 Å². The molecular formula is C14H21ClN2S2. The van der Waals surface area contributed by atoms with E-state index in [4.69, 9.17) is 11.6 Å². The lowest BCUT2D eigenvalue weighted by atomic mass is 9.85. The summed E-state index contributed by atoms with van der Waals surface area (Å²) in [6.45, 7) is 7.69. The number of thiophene rings is 1. The highest BCUT2D eigenvalue weighted by Crippen LogP contribution is 2.27. The zero-order chi connectivity index (χ0) is 13.9. The molecule has 1 N–H and O–H groups in total. The SMILES string of the molecule is CC(C)(C)C1CCSC(=NCCc2ccc(Cl)s2)N1. The first kappa shape index (κ1) is 15.2. The molecule has 2 rings (SSSR count). The van der Waals surface area contributed by atoms with Crippen LogP contribution in [0.15, 0.2) is 17.1 Å². The highest BCUT2D eigenvalue weighted by atomic mass is 35.5. The minimum atomic E-state index is 0.295. The van der Waals surface area contributed by atoms with Gasteiger partial charge in [-0.15, -0.1) is 11.3 Å². The number of hydrogen-bond donors (Lipinski definition) is 1. The molecule has 1 aromatic rings. The molecule has 1 aliphatic heterocycles. The van der Waals surface area contributed by atoms with Gasteiger partial charge in [-0.2, -0.15) is 0 Å². The summed E-state index contributed by atoms with van der Waals surface area (Å²) < 4.78 is 0.862. The van der Waals surface area contributed by atoms with Crippen molar-refractivity contribution in [3.8, 4) is 0 Å². The van der Waals surface area contributed by atoms with E-state index in [0.717, 1.165) is 22.5 Å². The third kappa shape index (κ3) is 4.69. The van der Waals surface area contributed by atoms with Crippen LogP contribution < -0.4 is 5.32 Å². The summed E-state index contributed by atoms with van der Waals surface area (Å²) >= 11 is 9.41. The Labute approximate surface area is 129 Å². The Morgan fingerprint density at radius 3 is 2.84 bits per heavy atom. The molecule has 2 heterocycles. The number of hydrogen-bond acceptors (Lipinski definition) is 3. The minimum Gasteiger partial charge on any atom is -0.362 e. The Hall–Kier alpha value is -0.190. The van der Waals surface area contributed by atoms with Crippen LogP contribution >= 0.6 is 34.7 Å². The van der Waals surface area contributed by atoms with Crippen LogP contribution in [0.3, 0.4) is 0 Å². The lowest BCUT2D eigenvalue weighted by Crippen LogP contribution is -2.46. The first-order valence-corrected chi connectivity index (χ1v) is 8.81. The highest BCUT2D eigenvalue weighted by Gasteiger charge is 2.28. The van der Waals surface area contributed by atoms with Crippen molar-refractivity contribution in [3.05, 3.63) is 21.3 Å². The average Bonchev–Trinajstić information content (AvgIpc) is 2.74. The number of aliphatic imine (C=N–C) groups is 1. The van der Waals surface area contributed by atoms with Gasteiger partial charge in [-0.25, -0.2) is 0 Å². The van der Waals surface area contributed by atoms with Gasteiger partial charge in [0.15, 0.2) is 5.17 Å². The largest absolute Gasteiger partial charge is 0.362 e. The second kappa shape index (κ2) is 6.51. The van der Waals surface area contributed by atoms with Gasteiger partial charge in [-0.05, 0) is 24.0 Å². The summed E-state index contributed by atoms with van der Waals surface area (Å²) in [4.78, 5) is 5.99. The normalized spacial score (nSPS) is 22.5. The van der Waals surface area contributed by atoms with E-state index >= 15 is 0 Å². The fourth-order valence-electron chi connectivity index (χ4n) is 2.03. The van der Waals surface area contributed by atoms with Crippen molar-refractivity contribution in [2.75, 3.05) is 12.3 Å². The van der Waals surface area contributed by atoms with Gasteiger partial charge in [0.05, 0.1) is 4.34 Å². The van der Waals surface area contributed by atoms with Crippen LogP contribution in [0.1, 0.15) is 32.1 Å². The first-order chi connectivity index (χ1) is 8.95. The van der Waals surface area contributed by atoms with Gasteiger partial charge in [0, 0.05) is 29.6 Å². The molecular weight excluding hydrogens is 296 g/mol. The van der Waals surface area contributed by atoms with Gasteiger partial charge >= 0.3 is 0 Å². The van der Waals surface area contributed by atoms with Crippen molar-refractivity contribution in [3.63, 3.8) is 0 Å². The first-order valence-electron chi connectivity index (χ1n) is 6.63. The van der Waals surface area contributed by atoms with E-state index in [1.807, 2.05) is 17.8 Å². The van der Waals surface area contributed by atoms with Crippen LogP contribution in [0.25, 0.3) is 0 Å². The van der Waals surface area contributed by atoms with Crippen molar-refractivity contribution in [1.29, 1.82) is 0 Å². The number of rotatable bonds is 3. The Morgan fingerprint density at radius 2 is 2.21 bits per heavy atom. The van der Waals surface area contributed by atoms with Crippen LogP contribution in [0.4, 0.5) is 0 Å². The summed E-state index contributed by atoms with van der Waals surface area (Å²) in [5.41, 5.74) is 0.295. The van der Waals surface area contributed by atoms with Crippen molar-refractivity contribution < 1.29 is 0 Å². The predicted molar refractivity (Wildman–Crippen MR) is 88.8 cm³/mol. The highest BCUT2D eigenvalue weighted by molar-refractivity contribution is 8.13. The number of thioether (sulfide) groups is 1. The van der Waals surface area contributed by atoms with E-state index < -0.39 is 0 Å². The average molecular weight is 317 g/mol. The van der Waals surface area contributed by atoms with Gasteiger partial charge in [0.25, 0.3) is 0 Å². The molecule has 0 bridgehead atoms. The van der Waals surface area contributed by atoms with E-state index in [1.54, 1.807) is 11.3 Å². The van der Waals surface area contributed by atoms with E-state index in [9.17, 15) is 0 Å². The molecule has 19 heavy (non-hydrogen) atoms. The molecule has 0 aliphatic carbocycles. The van der Waals surface area contributed by atoms with Gasteiger partial charge in [-0.3, -0.25) is 4.99 Å². The molecule has 1 atom stereocenters. The summed E-state index contributed by atoms with van der Waals surface area (Å²) in [5.74, 6) is 1.17. The molecule has 0 spiro atoms. The molecule has 1 aromatic heterocycles. The maximum absolute atomic E-state index is 5.92. The predicted octanol–water partition coefficient (Wildman–Crippen LogP) is 4.44. The quantitative estimate of drug-likeness (QED) is 0.891. The Bertz CT molecular complexity index is 449. The molecule has 0 radical (unpaired) electrons. The smallest absolute Gasteiger partial charge is 0.156 e. The topological polar surface area (TPSA) is 24.4 Å². The molecule has 1 fully saturated rings. The summed E-state index contributed by atoms with van der Waals surface area (Å²) in [7, 11) is 0. The van der Waals surface area contributed by atoms with E-state index in [0.29, 0.717) is 11.5 Å². The van der Waals surface area contributed by atoms with Gasteiger partial charge in [0.2, 0.25) is 0 Å². The monoisotopic (exact) mass is 316 g/mol. The van der Waals surface area contributed by atoms with E-state index in [1.165, 1.54) is 17.1 Å². The van der Waals surface area contributed by atoms with E-state index in [2.05, 4.69) is 37.1 Å². The molecule has 1 aliphatic rings. The maximum Gasteiger partial charge on any atom is 0.156 e. The van der Waals surface area contributed by atoms with Crippen molar-refractivity contribution in [2.24, 2.45) is 10.4 Å². The molecule has 2 nitrogen and oxygen atoms in total. The molecule has 1 unspecified atom stereocenters. The van der Waals surface area contributed by atoms with E-state index in [-0.39, 0.29) is 0 Å². The summed E-state index contributed by atoms with van der Waals surface area (Å²) in [6.07, 6.45) is 2.19. The second-order valence-corrected chi connectivity index (χ2v) is 8.73. The van der Waals surface area contributed by atoms with Crippen LogP contribution in [0.2, 0.25) is 4.34 Å². The summed E-state index contributed by atoms with van der Waals surface area (Å²) in [5, 5.41) is 4.68. The third-order valence-electron chi connectivity index (χ3n) is 3.23. The molecule has 0 saturated carbocycles. The molecule has 106 valence electrons. The van der Waals surface area contributed by atoms with Gasteiger partial charge in [0.1, 0.15) is 0 Å². The van der Waals surface area contributed by atoms with Crippen molar-refractivity contribution in [2.45, 2.75) is 39.7 Å². The second-order valence-electron chi connectivity index (χ2n) is 5.84. The fourth-order valence-corrected chi connectivity index (χ4v) is 4.06. The fraction of sp³-hybridized carbons (Fsp3) is 0.643. The number of nitrogens with zero attached hydrogens (tertiary/aromatic N) is 1. The standard InChI is InChI=1S/C14H21ClN2S2/c1-14(2,3)11-7-9-18-13(17-11)16-8-6-10-4-5-12(15)19-10/h4-5,11H,6-9H2,1-3H3,(H,16,17). The third-order valence-corrected chi connectivity index (χ3v) is 5.48. The number of amidine groups is 1. The maximum atomic E-state index is 5.92. The molecule has 1 saturated heterocycles. The summed E-state index contributed by atoms with van der Waals surface area (Å²) in [6, 6.07) is 4.58. The molecule has 5 heteroatoms. The lowest BCUT2D eigenvalue weighted by molar-refractivity contribution is 0.290. The minimum absolute atomic E-state index is 0.295. The Kier molecular flexibility index (Phi) is 5.21.